The van der Waals surface area contributed by atoms with Gasteiger partial charge in [0.2, 0.25) is 5.91 Å². The number of likely N-dealkylation sites (tertiary alicyclic amines) is 1. The van der Waals surface area contributed by atoms with Gasteiger partial charge >= 0.3 is 0 Å². The van der Waals surface area contributed by atoms with Crippen LogP contribution in [0.25, 0.3) is 11.1 Å². The molecule has 230 valence electrons. The van der Waals surface area contributed by atoms with Gasteiger partial charge in [-0.05, 0) is 135 Å². The molecule has 2 aromatic heterocycles. The number of methoxy groups -OCH3 is 1. The van der Waals surface area contributed by atoms with Crippen LogP contribution in [0, 0.1) is 20.8 Å². The number of anilines is 1. The van der Waals surface area contributed by atoms with Gasteiger partial charge in [-0.25, -0.2) is 0 Å². The number of carbonyl (C=O) groups excluding carboxylic acids is 1. The Kier molecular flexibility index (Phi) is 9.95. The van der Waals surface area contributed by atoms with Crippen molar-refractivity contribution in [3.63, 3.8) is 0 Å². The monoisotopic (exact) mass is 591 g/mol. The number of rotatable bonds is 11. The van der Waals surface area contributed by atoms with E-state index in [0.29, 0.717) is 17.6 Å². The molecule has 1 aliphatic rings. The lowest BCUT2D eigenvalue weighted by Crippen LogP contribution is -2.47. The molecule has 7 heteroatoms. The molecule has 7 nitrogen and oxygen atoms in total. The number of nitrogens with two attached hydrogens (primary N) is 1. The second-order valence-corrected chi connectivity index (χ2v) is 12.1. The topological polar surface area (TPSA) is 84.6 Å². The number of piperidine rings is 1. The minimum atomic E-state index is -0.361. The van der Waals surface area contributed by atoms with Gasteiger partial charge in [0.25, 0.3) is 0 Å². The van der Waals surface area contributed by atoms with Crippen LogP contribution in [-0.4, -0.2) is 53.1 Å². The van der Waals surface area contributed by atoms with Crippen molar-refractivity contribution in [1.29, 1.82) is 0 Å². The number of aromatic nitrogens is 2. The number of primary amides is 1. The molecule has 2 aromatic carbocycles. The summed E-state index contributed by atoms with van der Waals surface area (Å²) in [5.74, 6) is 0.509. The number of hydrogen-bond donors (Lipinski definition) is 1. The van der Waals surface area contributed by atoms with Crippen LogP contribution in [0.4, 0.5) is 5.69 Å². The molecule has 3 heterocycles. The number of amides is 1. The molecule has 2 N–H and O–H groups in total. The van der Waals surface area contributed by atoms with E-state index in [1.54, 1.807) is 7.11 Å². The molecule has 44 heavy (non-hydrogen) atoms. The molecule has 1 fully saturated rings. The van der Waals surface area contributed by atoms with Crippen molar-refractivity contribution in [2.75, 3.05) is 25.1 Å². The van der Waals surface area contributed by atoms with Crippen molar-refractivity contribution < 1.29 is 9.53 Å². The molecule has 0 bridgehead atoms. The molecular weight excluding hydrogens is 546 g/mol. The third-order valence-corrected chi connectivity index (χ3v) is 9.41. The number of aryl methyl sites for hydroxylation is 2. The molecule has 0 unspecified atom stereocenters. The van der Waals surface area contributed by atoms with Crippen molar-refractivity contribution in [3.05, 3.63) is 107 Å². The van der Waals surface area contributed by atoms with Gasteiger partial charge in [-0.15, -0.1) is 0 Å². The van der Waals surface area contributed by atoms with E-state index in [2.05, 4.69) is 57.9 Å². The van der Waals surface area contributed by atoms with Gasteiger partial charge in [0.15, 0.2) is 0 Å². The van der Waals surface area contributed by atoms with E-state index in [9.17, 15) is 4.79 Å². The van der Waals surface area contributed by atoms with E-state index in [1.807, 2.05) is 62.9 Å². The fourth-order valence-electron chi connectivity index (χ4n) is 6.74. The number of carbonyl (C=O) groups is 1. The van der Waals surface area contributed by atoms with Crippen LogP contribution in [0.3, 0.4) is 0 Å². The van der Waals surface area contributed by atoms with Crippen LogP contribution in [0.2, 0.25) is 0 Å². The summed E-state index contributed by atoms with van der Waals surface area (Å²) in [4.78, 5) is 26.2. The van der Waals surface area contributed by atoms with E-state index < -0.39 is 0 Å². The summed E-state index contributed by atoms with van der Waals surface area (Å²) in [6.45, 7) is 11.4. The first-order chi connectivity index (χ1) is 21.3. The largest absolute Gasteiger partial charge is 0.497 e. The van der Waals surface area contributed by atoms with Crippen LogP contribution in [0.5, 0.6) is 5.75 Å². The molecule has 0 saturated carbocycles. The fraction of sp³-hybridized carbons (Fsp3) is 0.378. The lowest BCUT2D eigenvalue weighted by Gasteiger charge is -2.42. The van der Waals surface area contributed by atoms with Gasteiger partial charge in [0, 0.05) is 67.8 Å². The third kappa shape index (κ3) is 6.94. The zero-order valence-electron chi connectivity index (χ0n) is 26.7. The Morgan fingerprint density at radius 2 is 1.68 bits per heavy atom. The quantitative estimate of drug-likeness (QED) is 0.210. The van der Waals surface area contributed by atoms with E-state index in [-0.39, 0.29) is 5.91 Å². The molecular formula is C37H45N5O2. The number of hydrogen-bond acceptors (Lipinski definition) is 6. The first-order valence-electron chi connectivity index (χ1n) is 15.6. The van der Waals surface area contributed by atoms with Crippen LogP contribution in [0.15, 0.2) is 73.3 Å². The number of nitrogens with zero attached hydrogens (tertiary/aromatic N) is 4. The second-order valence-electron chi connectivity index (χ2n) is 12.1. The summed E-state index contributed by atoms with van der Waals surface area (Å²) < 4.78 is 5.43. The van der Waals surface area contributed by atoms with Gasteiger partial charge in [0.1, 0.15) is 5.75 Å². The normalized spacial score (nSPS) is 14.8. The number of ether oxygens (including phenoxy) is 1. The van der Waals surface area contributed by atoms with Gasteiger partial charge in [0.05, 0.1) is 7.11 Å². The molecule has 0 spiro atoms. The molecule has 1 atom stereocenters. The van der Waals surface area contributed by atoms with E-state index >= 15 is 0 Å². The summed E-state index contributed by atoms with van der Waals surface area (Å²) >= 11 is 0. The van der Waals surface area contributed by atoms with Crippen LogP contribution < -0.4 is 15.4 Å². The summed E-state index contributed by atoms with van der Waals surface area (Å²) in [5, 5.41) is 0. The first-order valence-corrected chi connectivity index (χ1v) is 15.6. The summed E-state index contributed by atoms with van der Waals surface area (Å²) in [6, 6.07) is 17.6. The molecule has 5 rings (SSSR count). The van der Waals surface area contributed by atoms with Crippen LogP contribution in [0.1, 0.15) is 64.4 Å². The zero-order chi connectivity index (χ0) is 31.2. The summed E-state index contributed by atoms with van der Waals surface area (Å²) in [7, 11) is 1.71. The first kappa shape index (κ1) is 31.2. The Morgan fingerprint density at radius 3 is 2.32 bits per heavy atom. The van der Waals surface area contributed by atoms with E-state index in [4.69, 9.17) is 10.5 Å². The van der Waals surface area contributed by atoms with Gasteiger partial charge in [-0.3, -0.25) is 14.8 Å². The Morgan fingerprint density at radius 1 is 1.00 bits per heavy atom. The van der Waals surface area contributed by atoms with E-state index in [1.165, 1.54) is 27.9 Å². The smallest absolute Gasteiger partial charge is 0.249 e. The lowest BCUT2D eigenvalue weighted by molar-refractivity contribution is 0.0999. The van der Waals surface area contributed by atoms with Crippen LogP contribution in [-0.2, 0) is 13.0 Å². The highest BCUT2D eigenvalue weighted by Crippen LogP contribution is 2.33. The minimum Gasteiger partial charge on any atom is -0.497 e. The van der Waals surface area contributed by atoms with Gasteiger partial charge in [-0.1, -0.05) is 6.07 Å². The Hall–Kier alpha value is -4.23. The lowest BCUT2D eigenvalue weighted by atomic mass is 9.86. The average molecular weight is 592 g/mol. The fourth-order valence-corrected chi connectivity index (χ4v) is 6.74. The molecule has 1 aliphatic heterocycles. The maximum absolute atomic E-state index is 12.4. The highest BCUT2D eigenvalue weighted by Gasteiger charge is 2.28. The molecule has 0 aliphatic carbocycles. The van der Waals surface area contributed by atoms with Gasteiger partial charge < -0.3 is 20.3 Å². The highest BCUT2D eigenvalue weighted by atomic mass is 16.5. The Bertz CT molecular complexity index is 1560. The Labute approximate surface area is 262 Å². The third-order valence-electron chi connectivity index (χ3n) is 9.41. The SMILES string of the molecule is COc1ccc(N(Cc2cnccc2C)C2CCN([C@H](C)CCc3c(-c4ccncc4)cc(C)c(C(N)=O)c3C)CC2)cc1. The van der Waals surface area contributed by atoms with Crippen molar-refractivity contribution in [2.45, 2.75) is 72.0 Å². The van der Waals surface area contributed by atoms with Crippen molar-refractivity contribution in [1.82, 2.24) is 14.9 Å². The van der Waals surface area contributed by atoms with E-state index in [0.717, 1.165) is 67.8 Å². The standard InChI is InChI=1S/C37H45N5O2/c1-25-12-17-40-23-30(25)24-42(31-7-9-33(44-5)10-8-31)32-15-20-41(21-16-32)27(3)6-11-34-28(4)36(37(38)43)26(2)22-35(34)29-13-18-39-19-14-29/h7-10,12-14,17-19,22-23,27,32H,6,11,15-16,20-21,24H2,1-5H3,(H2,38,43)/t27-/m1/s1. The summed E-state index contributed by atoms with van der Waals surface area (Å²) in [5.41, 5.74) is 15.6. The van der Waals surface area contributed by atoms with Crippen molar-refractivity contribution in [2.24, 2.45) is 5.73 Å². The Balaban J connectivity index is 1.30. The van der Waals surface area contributed by atoms with Crippen molar-refractivity contribution in [3.8, 4) is 16.9 Å². The number of benzene rings is 2. The van der Waals surface area contributed by atoms with Crippen LogP contribution >= 0.6 is 0 Å². The maximum atomic E-state index is 12.4. The molecule has 1 saturated heterocycles. The zero-order valence-corrected chi connectivity index (χ0v) is 26.7. The van der Waals surface area contributed by atoms with Crippen molar-refractivity contribution >= 4 is 11.6 Å². The minimum absolute atomic E-state index is 0.361. The molecule has 0 radical (unpaired) electrons. The highest BCUT2D eigenvalue weighted by molar-refractivity contribution is 5.97. The number of pyridine rings is 2. The predicted molar refractivity (Wildman–Crippen MR) is 178 cm³/mol. The molecule has 1 amide bonds. The molecule has 4 aromatic rings. The maximum Gasteiger partial charge on any atom is 0.249 e. The van der Waals surface area contributed by atoms with Gasteiger partial charge in [-0.2, -0.15) is 0 Å². The predicted octanol–water partition coefficient (Wildman–Crippen LogP) is 6.67. The summed E-state index contributed by atoms with van der Waals surface area (Å²) in [6.07, 6.45) is 11.6. The average Bonchev–Trinajstić information content (AvgIpc) is 3.04. The second kappa shape index (κ2) is 14.0.